The number of rotatable bonds is 4. The SMILES string of the molecule is CCc1ccc(C2C(C(=O)O)CC(=O)N2C(C)C)s1. The molecule has 1 aliphatic rings. The van der Waals surface area contributed by atoms with Crippen LogP contribution in [0.1, 0.15) is 43.0 Å². The average molecular weight is 281 g/mol. The lowest BCUT2D eigenvalue weighted by atomic mass is 9.99. The average Bonchev–Trinajstić information content (AvgIpc) is 2.91. The molecule has 1 aliphatic heterocycles. The van der Waals surface area contributed by atoms with Crippen LogP contribution in [0.5, 0.6) is 0 Å². The smallest absolute Gasteiger partial charge is 0.309 e. The third kappa shape index (κ3) is 2.52. The van der Waals surface area contributed by atoms with Gasteiger partial charge in [-0.25, -0.2) is 0 Å². The van der Waals surface area contributed by atoms with Crippen molar-refractivity contribution in [1.29, 1.82) is 0 Å². The molecule has 104 valence electrons. The zero-order chi connectivity index (χ0) is 14.2. The minimum absolute atomic E-state index is 0.0222. The van der Waals surface area contributed by atoms with Crippen molar-refractivity contribution in [2.24, 2.45) is 5.92 Å². The first kappa shape index (κ1) is 14.1. The van der Waals surface area contributed by atoms with Crippen molar-refractivity contribution in [3.05, 3.63) is 21.9 Å². The van der Waals surface area contributed by atoms with Crippen LogP contribution < -0.4 is 0 Å². The molecule has 2 atom stereocenters. The number of carboxylic acid groups (broad SMARTS) is 1. The minimum Gasteiger partial charge on any atom is -0.481 e. The summed E-state index contributed by atoms with van der Waals surface area (Å²) < 4.78 is 0. The van der Waals surface area contributed by atoms with Gasteiger partial charge in [0.15, 0.2) is 0 Å². The van der Waals surface area contributed by atoms with Gasteiger partial charge in [-0.05, 0) is 32.4 Å². The van der Waals surface area contributed by atoms with E-state index in [4.69, 9.17) is 0 Å². The van der Waals surface area contributed by atoms with Crippen molar-refractivity contribution < 1.29 is 14.7 Å². The molecule has 0 saturated carbocycles. The van der Waals surface area contributed by atoms with E-state index in [-0.39, 0.29) is 24.4 Å². The number of carboxylic acids is 1. The van der Waals surface area contributed by atoms with E-state index in [1.165, 1.54) is 4.88 Å². The van der Waals surface area contributed by atoms with Crippen molar-refractivity contribution in [3.8, 4) is 0 Å². The molecule has 2 unspecified atom stereocenters. The maximum atomic E-state index is 12.1. The normalized spacial score (nSPS) is 23.4. The van der Waals surface area contributed by atoms with Crippen molar-refractivity contribution in [1.82, 2.24) is 4.90 Å². The van der Waals surface area contributed by atoms with Crippen LogP contribution in [-0.4, -0.2) is 27.9 Å². The molecule has 0 aromatic carbocycles. The number of carbonyl (C=O) groups is 2. The Labute approximate surface area is 117 Å². The van der Waals surface area contributed by atoms with E-state index in [1.54, 1.807) is 16.2 Å². The third-order valence-corrected chi connectivity index (χ3v) is 4.86. The first-order valence-electron chi connectivity index (χ1n) is 6.58. The molecule has 5 heteroatoms. The molecule has 0 aliphatic carbocycles. The van der Waals surface area contributed by atoms with Gasteiger partial charge in [0.05, 0.1) is 12.0 Å². The lowest BCUT2D eigenvalue weighted by molar-refractivity contribution is -0.142. The number of carbonyl (C=O) groups excluding carboxylic acids is 1. The van der Waals surface area contributed by atoms with Crippen LogP contribution in [-0.2, 0) is 16.0 Å². The summed E-state index contributed by atoms with van der Waals surface area (Å²) in [5.74, 6) is -1.56. The van der Waals surface area contributed by atoms with Gasteiger partial charge in [0, 0.05) is 22.2 Å². The third-order valence-electron chi connectivity index (χ3n) is 3.56. The Balaban J connectivity index is 2.40. The van der Waals surface area contributed by atoms with E-state index in [1.807, 2.05) is 26.0 Å². The quantitative estimate of drug-likeness (QED) is 0.923. The first-order valence-corrected chi connectivity index (χ1v) is 7.40. The highest BCUT2D eigenvalue weighted by Gasteiger charge is 2.46. The Morgan fingerprint density at radius 3 is 2.68 bits per heavy atom. The molecule has 2 rings (SSSR count). The summed E-state index contributed by atoms with van der Waals surface area (Å²) in [4.78, 5) is 27.4. The standard InChI is InChI=1S/C14H19NO3S/c1-4-9-5-6-11(19-9)13-10(14(17)18)7-12(16)15(13)8(2)3/h5-6,8,10,13H,4,7H2,1-3H3,(H,17,18). The Morgan fingerprint density at radius 1 is 1.53 bits per heavy atom. The summed E-state index contributed by atoms with van der Waals surface area (Å²) in [6.45, 7) is 5.94. The van der Waals surface area contributed by atoms with Crippen molar-refractivity contribution in [3.63, 3.8) is 0 Å². The van der Waals surface area contributed by atoms with Gasteiger partial charge in [-0.3, -0.25) is 9.59 Å². The monoisotopic (exact) mass is 281 g/mol. The summed E-state index contributed by atoms with van der Waals surface area (Å²) in [5, 5.41) is 9.35. The Morgan fingerprint density at radius 2 is 2.21 bits per heavy atom. The van der Waals surface area contributed by atoms with E-state index >= 15 is 0 Å². The summed E-state index contributed by atoms with van der Waals surface area (Å²) in [6.07, 6.45) is 1.04. The number of hydrogen-bond acceptors (Lipinski definition) is 3. The van der Waals surface area contributed by atoms with Crippen LogP contribution >= 0.6 is 11.3 Å². The van der Waals surface area contributed by atoms with Gasteiger partial charge in [-0.2, -0.15) is 0 Å². The fourth-order valence-corrected chi connectivity index (χ4v) is 3.78. The molecular weight excluding hydrogens is 262 g/mol. The lowest BCUT2D eigenvalue weighted by Crippen LogP contribution is -2.35. The maximum absolute atomic E-state index is 12.1. The number of hydrogen-bond donors (Lipinski definition) is 1. The van der Waals surface area contributed by atoms with Gasteiger partial charge < -0.3 is 10.0 Å². The summed E-state index contributed by atoms with van der Waals surface area (Å²) >= 11 is 1.62. The second-order valence-corrected chi connectivity index (χ2v) is 6.35. The van der Waals surface area contributed by atoms with Crippen LogP contribution in [0.15, 0.2) is 12.1 Å². The van der Waals surface area contributed by atoms with E-state index in [9.17, 15) is 14.7 Å². The van der Waals surface area contributed by atoms with Gasteiger partial charge in [-0.15, -0.1) is 11.3 Å². The number of aryl methyl sites for hydroxylation is 1. The topological polar surface area (TPSA) is 57.6 Å². The number of likely N-dealkylation sites (tertiary alicyclic amines) is 1. The number of nitrogens with zero attached hydrogens (tertiary/aromatic N) is 1. The van der Waals surface area contributed by atoms with Crippen LogP contribution in [0, 0.1) is 5.92 Å². The fourth-order valence-electron chi connectivity index (χ4n) is 2.66. The first-order chi connectivity index (χ1) is 8.95. The minimum atomic E-state index is -0.882. The Kier molecular flexibility index (Phi) is 3.94. The molecule has 0 spiro atoms. The van der Waals surface area contributed by atoms with Gasteiger partial charge in [0.2, 0.25) is 5.91 Å². The van der Waals surface area contributed by atoms with Gasteiger partial charge in [0.25, 0.3) is 0 Å². The summed E-state index contributed by atoms with van der Waals surface area (Å²) in [6, 6.07) is 3.71. The largest absolute Gasteiger partial charge is 0.481 e. The van der Waals surface area contributed by atoms with Crippen LogP contribution in [0.3, 0.4) is 0 Å². The highest BCUT2D eigenvalue weighted by Crippen LogP contribution is 2.42. The maximum Gasteiger partial charge on any atom is 0.309 e. The van der Waals surface area contributed by atoms with Gasteiger partial charge in [-0.1, -0.05) is 6.92 Å². The van der Waals surface area contributed by atoms with Crippen molar-refractivity contribution in [2.75, 3.05) is 0 Å². The zero-order valence-corrected chi connectivity index (χ0v) is 12.2. The summed E-state index contributed by atoms with van der Waals surface area (Å²) in [5.41, 5.74) is 0. The molecular formula is C14H19NO3S. The number of amides is 1. The number of thiophene rings is 1. The van der Waals surface area contributed by atoms with Crippen LogP contribution in [0.25, 0.3) is 0 Å². The molecule has 19 heavy (non-hydrogen) atoms. The van der Waals surface area contributed by atoms with Gasteiger partial charge in [0.1, 0.15) is 0 Å². The fraction of sp³-hybridized carbons (Fsp3) is 0.571. The highest BCUT2D eigenvalue weighted by molar-refractivity contribution is 7.12. The van der Waals surface area contributed by atoms with E-state index in [2.05, 4.69) is 6.92 Å². The van der Waals surface area contributed by atoms with Crippen molar-refractivity contribution in [2.45, 2.75) is 45.7 Å². The molecule has 1 aromatic heterocycles. The predicted octanol–water partition coefficient (Wildman–Crippen LogP) is 2.69. The van der Waals surface area contributed by atoms with Crippen LogP contribution in [0.2, 0.25) is 0 Å². The van der Waals surface area contributed by atoms with Crippen molar-refractivity contribution >= 4 is 23.2 Å². The second-order valence-electron chi connectivity index (χ2n) is 5.15. The number of aliphatic carboxylic acids is 1. The van der Waals surface area contributed by atoms with Gasteiger partial charge >= 0.3 is 5.97 Å². The Hall–Kier alpha value is -1.36. The Bertz CT molecular complexity index is 495. The van der Waals surface area contributed by atoms with E-state index in [0.717, 1.165) is 11.3 Å². The zero-order valence-electron chi connectivity index (χ0n) is 11.4. The highest BCUT2D eigenvalue weighted by atomic mass is 32.1. The molecule has 1 fully saturated rings. The molecule has 1 N–H and O–H groups in total. The second kappa shape index (κ2) is 5.33. The van der Waals surface area contributed by atoms with Crippen LogP contribution in [0.4, 0.5) is 0 Å². The molecule has 0 radical (unpaired) electrons. The van der Waals surface area contributed by atoms with E-state index < -0.39 is 11.9 Å². The van der Waals surface area contributed by atoms with E-state index in [0.29, 0.717) is 0 Å². The molecule has 1 saturated heterocycles. The lowest BCUT2D eigenvalue weighted by Gasteiger charge is -2.29. The summed E-state index contributed by atoms with van der Waals surface area (Å²) in [7, 11) is 0. The molecule has 1 aromatic rings. The molecule has 2 heterocycles. The predicted molar refractivity (Wildman–Crippen MR) is 74.2 cm³/mol. The molecule has 1 amide bonds. The molecule has 4 nitrogen and oxygen atoms in total. The molecule has 0 bridgehead atoms.